The smallest absolute Gasteiger partial charge is 0.312 e. The summed E-state index contributed by atoms with van der Waals surface area (Å²) in [4.78, 5) is 137. The molecule has 634 valence electrons. The van der Waals surface area contributed by atoms with E-state index in [-0.39, 0.29) is 135 Å². The van der Waals surface area contributed by atoms with Crippen molar-refractivity contribution in [3.63, 3.8) is 0 Å². The molecule has 117 heavy (non-hydrogen) atoms. The van der Waals surface area contributed by atoms with Gasteiger partial charge in [0.2, 0.25) is 16.8 Å². The molecule has 29 atom stereocenters. The zero-order chi connectivity index (χ0) is 86.1. The summed E-state index contributed by atoms with van der Waals surface area (Å²) >= 11 is 0. The molecule has 0 bridgehead atoms. The number of carbonyl (C=O) groups is 10. The summed E-state index contributed by atoms with van der Waals surface area (Å²) in [6.07, 6.45) is 15.1. The van der Waals surface area contributed by atoms with Gasteiger partial charge in [0.25, 0.3) is 0 Å². The summed E-state index contributed by atoms with van der Waals surface area (Å²) in [7, 11) is 4.22. The first kappa shape index (κ1) is 84.2. The minimum absolute atomic E-state index is 0.00658. The molecule has 0 amide bonds. The van der Waals surface area contributed by atoms with Gasteiger partial charge in [-0.25, -0.2) is 0 Å². The van der Waals surface area contributed by atoms with Gasteiger partial charge in [-0.15, -0.1) is 0 Å². The van der Waals surface area contributed by atoms with Crippen LogP contribution in [0.5, 0.6) is 0 Å². The van der Waals surface area contributed by atoms with Crippen LogP contribution in [0.2, 0.25) is 0 Å². The normalized spacial score (nSPS) is 52.1. The maximum Gasteiger partial charge on any atom is 0.312 e. The van der Waals surface area contributed by atoms with Gasteiger partial charge in [-0.05, 0) is 213 Å². The van der Waals surface area contributed by atoms with Gasteiger partial charge in [0.1, 0.15) is 42.3 Å². The van der Waals surface area contributed by atoms with Crippen LogP contribution >= 0.6 is 0 Å². The van der Waals surface area contributed by atoms with Crippen molar-refractivity contribution in [2.45, 2.75) is 302 Å². The van der Waals surface area contributed by atoms with Crippen LogP contribution in [0.3, 0.4) is 0 Å². The molecule has 2 N–H and O–H groups in total. The second kappa shape index (κ2) is 24.5. The Hall–Kier alpha value is -6.41. The third-order valence-electron chi connectivity index (χ3n) is 40.3. The Morgan fingerprint density at radius 2 is 0.726 bits per heavy atom. The number of aliphatic hydroxyl groups excluding tert-OH is 2. The number of ketones is 7. The Morgan fingerprint density at radius 1 is 0.419 bits per heavy atom. The number of allylic oxidation sites excluding steroid dienone is 3. The number of nitrogens with zero attached hydrogens (tertiary/aromatic N) is 3. The van der Waals surface area contributed by atoms with Crippen LogP contribution in [0, 0.1) is 185 Å². The summed E-state index contributed by atoms with van der Waals surface area (Å²) in [6.45, 7) is 41.5. The fourth-order valence-corrected chi connectivity index (χ4v) is 32.9. The van der Waals surface area contributed by atoms with Crippen molar-refractivity contribution >= 4 is 58.4 Å². The van der Waals surface area contributed by atoms with E-state index in [4.69, 9.17) is 28.4 Å². The first-order chi connectivity index (χ1) is 54.0. The number of esters is 3. The number of carbonyl (C=O) groups excluding carboxylic acids is 10. The number of epoxide rings is 3. The zero-order valence-electron chi connectivity index (χ0n) is 73.6. The van der Waals surface area contributed by atoms with E-state index in [2.05, 4.69) is 87.4 Å². The van der Waals surface area contributed by atoms with Gasteiger partial charge in [0.15, 0.2) is 34.7 Å². The minimum atomic E-state index is -1.45. The number of methoxy groups -OCH3 is 3. The number of Topliss-reactive ketones (excluding diaryl/α,β-unsaturated/α-hetero) is 4. The van der Waals surface area contributed by atoms with Crippen molar-refractivity contribution in [3.05, 3.63) is 34.9 Å². The maximum absolute atomic E-state index is 14.5. The van der Waals surface area contributed by atoms with E-state index in [1.54, 1.807) is 0 Å². The monoisotopic (exact) mass is 1610 g/mol. The van der Waals surface area contributed by atoms with Crippen molar-refractivity contribution < 1.29 is 86.6 Å². The number of aliphatic hydroxyl groups is 2. The molecule has 3 heterocycles. The quantitative estimate of drug-likeness (QED) is 0.150. The molecule has 0 aromatic carbocycles. The van der Waals surface area contributed by atoms with Crippen molar-refractivity contribution in [1.29, 1.82) is 15.8 Å². The molecule has 15 aliphatic carbocycles. The molecule has 21 heteroatoms. The Morgan fingerprint density at radius 3 is 1.07 bits per heavy atom. The second-order valence-corrected chi connectivity index (χ2v) is 46.4. The molecule has 29 unspecified atom stereocenters. The van der Waals surface area contributed by atoms with Crippen molar-refractivity contribution in [1.82, 2.24) is 0 Å². The zero-order valence-corrected chi connectivity index (χ0v) is 73.6. The lowest BCUT2D eigenvalue weighted by Crippen LogP contribution is -2.68. The van der Waals surface area contributed by atoms with Crippen LogP contribution in [-0.2, 0) is 76.4 Å². The molecule has 15 fully saturated rings. The van der Waals surface area contributed by atoms with Crippen LogP contribution in [0.15, 0.2) is 34.9 Å². The van der Waals surface area contributed by atoms with Gasteiger partial charge >= 0.3 is 17.9 Å². The fraction of sp³-hybridized carbons (Fsp3) is 0.802. The summed E-state index contributed by atoms with van der Waals surface area (Å²) in [5, 5.41) is 51.7. The highest BCUT2D eigenvalue weighted by Crippen LogP contribution is 2.83. The minimum Gasteiger partial charge on any atom is -0.469 e. The fourth-order valence-electron chi connectivity index (χ4n) is 32.9. The predicted octanol–water partition coefficient (Wildman–Crippen LogP) is 13.9. The molecule has 18 rings (SSSR count). The highest BCUT2D eigenvalue weighted by atomic mass is 16.6. The maximum atomic E-state index is 14.5. The third-order valence-corrected chi connectivity index (χ3v) is 40.3. The summed E-state index contributed by atoms with van der Waals surface area (Å²) < 4.78 is 34.3. The van der Waals surface area contributed by atoms with E-state index in [0.717, 1.165) is 68.1 Å². The van der Waals surface area contributed by atoms with Crippen LogP contribution < -0.4 is 0 Å². The van der Waals surface area contributed by atoms with Crippen molar-refractivity contribution in [2.75, 3.05) is 27.9 Å². The summed E-state index contributed by atoms with van der Waals surface area (Å²) in [5.41, 5.74) is -11.9. The molecule has 3 aliphatic heterocycles. The molecule has 0 spiro atoms. The molecule has 0 aromatic rings. The summed E-state index contributed by atoms with van der Waals surface area (Å²) in [6, 6.07) is 6.65. The van der Waals surface area contributed by atoms with E-state index >= 15 is 0 Å². The Kier molecular flexibility index (Phi) is 17.6. The summed E-state index contributed by atoms with van der Waals surface area (Å²) in [5.74, 6) is -3.30. The molecule has 21 nitrogen and oxygen atoms in total. The van der Waals surface area contributed by atoms with Gasteiger partial charge in [-0.1, -0.05) is 155 Å². The molecular weight excluding hydrogens is 1480 g/mol. The van der Waals surface area contributed by atoms with Gasteiger partial charge in [-0.2, -0.15) is 15.8 Å². The number of nitriles is 3. The van der Waals surface area contributed by atoms with Crippen molar-refractivity contribution in [2.24, 2.45) is 151 Å². The number of hydrogen-bond acceptors (Lipinski definition) is 21. The Balaban J connectivity index is 0.000000131. The van der Waals surface area contributed by atoms with Gasteiger partial charge in [0.05, 0.1) is 43.7 Å². The third kappa shape index (κ3) is 9.54. The lowest BCUT2D eigenvalue weighted by atomic mass is 9.33. The van der Waals surface area contributed by atoms with E-state index in [1.807, 2.05) is 87.5 Å². The van der Waals surface area contributed by atoms with E-state index in [0.29, 0.717) is 64.2 Å². The molecule has 18 aliphatic rings. The number of rotatable bonds is 4. The lowest BCUT2D eigenvalue weighted by Gasteiger charge is -2.69. The average Bonchev–Trinajstić information content (AvgIpc) is 1.54. The molecule has 3 saturated heterocycles. The van der Waals surface area contributed by atoms with E-state index < -0.39 is 128 Å². The lowest BCUT2D eigenvalue weighted by molar-refractivity contribution is -0.204. The molecule has 0 radical (unpaired) electrons. The molecule has 12 saturated carbocycles. The number of ether oxygens (including phenoxy) is 6. The Bertz CT molecular complexity index is 4650. The standard InChI is InChI=1S/C32H43NO6.C32H41NO6.C32H43NO6/c2*1-26(2)14-17-22-18(34)13-20-28(5,29(22,6)11-12-31(17,15-21(26)35)25(37)38-8)10-9-19-27(3,4)23(36)32(16-33)24(39-32)30(19,20)7;1-26(2)20-8-9-28(4)21(30(20,6)24-32(16-33,39-24)23(26)36)14-19(35)22-18-15-27(3,17-34)10-12-31(18,25(37)38-7)13-11-29(22,28)5/h13,17,19,21-22,24,35H,9-12,14-15H2,1-8H3;13,17,19,22,24H,9-12,14-15H2,1-8H3;14,18,20,22,24,34H,8-13,15,17H2,1-7H3. The topological polar surface area (TPSA) is 348 Å². The largest absolute Gasteiger partial charge is 0.469 e. The number of fused-ring (bicyclic) bond motifs is 27. The highest BCUT2D eigenvalue weighted by Gasteiger charge is 2.87. The van der Waals surface area contributed by atoms with Crippen LogP contribution in [-0.4, -0.2) is 138 Å². The van der Waals surface area contributed by atoms with Crippen molar-refractivity contribution in [3.8, 4) is 18.2 Å². The van der Waals surface area contributed by atoms with Crippen LogP contribution in [0.4, 0.5) is 0 Å². The van der Waals surface area contributed by atoms with E-state index in [1.165, 1.54) is 21.3 Å². The predicted molar refractivity (Wildman–Crippen MR) is 424 cm³/mol. The SMILES string of the molecule is COC(=O)C12CCC(C)(CO)CC1C1C(=O)C=C3C4(C)C(CCC3(C)C1(C)CC2)C(C)(C)C(=O)C1(C#N)OC14.COC(=O)C12CCC3(C)C(C(=O)C=C4C5(C)C(CCC43C)C(C)(C)C(=O)C3(C#N)OC35)C1CC(C)(C)C(=O)C2.COC(=O)C12CCC3(C)C(C(=O)C=C4C5(C)C(CCC43C)C(C)(C)C(=O)C3(C#N)OC35)C1CC(C)(C)C(O)C2. The molecule has 0 aromatic heterocycles. The highest BCUT2D eigenvalue weighted by molar-refractivity contribution is 6.04. The first-order valence-electron chi connectivity index (χ1n) is 43.7. The van der Waals surface area contributed by atoms with E-state index in [9.17, 15) is 73.9 Å². The Labute approximate surface area is 690 Å². The van der Waals surface area contributed by atoms with Gasteiger partial charge in [-0.3, -0.25) is 47.9 Å². The average molecular weight is 1610 g/mol. The van der Waals surface area contributed by atoms with Crippen LogP contribution in [0.25, 0.3) is 0 Å². The number of hydrogen-bond donors (Lipinski definition) is 2. The second-order valence-electron chi connectivity index (χ2n) is 46.4. The molecular formula is C96H127N3O18. The van der Waals surface area contributed by atoms with Gasteiger partial charge in [0, 0.05) is 68.7 Å². The van der Waals surface area contributed by atoms with Gasteiger partial charge < -0.3 is 38.6 Å². The first-order valence-corrected chi connectivity index (χ1v) is 43.7. The van der Waals surface area contributed by atoms with Crippen LogP contribution in [0.1, 0.15) is 260 Å².